The molecule has 1 saturated carbocycles. The van der Waals surface area contributed by atoms with Gasteiger partial charge in [-0.1, -0.05) is 0 Å². The zero-order chi connectivity index (χ0) is 30.5. The minimum Gasteiger partial charge on any atom is -0.373 e. The Bertz CT molecular complexity index is 1690. The molecule has 4 aromatic rings. The van der Waals surface area contributed by atoms with Crippen molar-refractivity contribution in [2.24, 2.45) is 14.1 Å². The van der Waals surface area contributed by atoms with Crippen LogP contribution in [0.4, 0.5) is 29.2 Å². The third-order valence-electron chi connectivity index (χ3n) is 7.90. The van der Waals surface area contributed by atoms with Crippen molar-refractivity contribution < 1.29 is 27.1 Å². The van der Waals surface area contributed by atoms with Crippen LogP contribution in [-0.2, 0) is 38.2 Å². The molecule has 0 saturated heterocycles. The van der Waals surface area contributed by atoms with E-state index in [-0.39, 0.29) is 42.3 Å². The number of hydrogen-bond donors (Lipinski definition) is 1. The number of pyridine rings is 1. The van der Waals surface area contributed by atoms with Crippen molar-refractivity contribution in [2.45, 2.75) is 51.2 Å². The summed E-state index contributed by atoms with van der Waals surface area (Å²) in [5, 5.41) is 15.7. The van der Waals surface area contributed by atoms with Gasteiger partial charge in [0, 0.05) is 31.8 Å². The number of fused-ring (bicyclic) bond motifs is 1. The molecule has 0 unspecified atom stereocenters. The summed E-state index contributed by atoms with van der Waals surface area (Å²) in [5.74, 6) is 0.561. The first-order chi connectivity index (χ1) is 20.5. The number of alkyl halides is 4. The fourth-order valence-electron chi connectivity index (χ4n) is 5.58. The number of benzene rings is 1. The Labute approximate surface area is 244 Å². The average molecular weight is 599 g/mol. The molecular weight excluding hydrogens is 568 g/mol. The number of amides is 1. The standard InChI is InChI=1S/C29H30F4N8O2/c1-4-34-23-10-18(25-20(12-36-40(25)3)26-38-35-16-39(26)2)11-24(37-23)41-13-21-19(27(41)42)8-17(9-22(21)29(31,32)33)14-43-15-28(30)6-5-7-28/h8-12,16H,4-7,13-15H2,1-3H3,(H,34,37). The molecule has 226 valence electrons. The maximum Gasteiger partial charge on any atom is 0.416 e. The van der Waals surface area contributed by atoms with Crippen LogP contribution in [0.1, 0.15) is 53.2 Å². The third kappa shape index (κ3) is 5.35. The number of aromatic nitrogens is 6. The molecule has 6 rings (SSSR count). The van der Waals surface area contributed by atoms with Crippen molar-refractivity contribution in [3.8, 4) is 22.6 Å². The first kappa shape index (κ1) is 28.8. The molecule has 3 aromatic heterocycles. The number of halogens is 4. The molecule has 10 nitrogen and oxygen atoms in total. The molecule has 14 heteroatoms. The summed E-state index contributed by atoms with van der Waals surface area (Å²) >= 11 is 0. The van der Waals surface area contributed by atoms with E-state index in [4.69, 9.17) is 4.74 Å². The fourth-order valence-corrected chi connectivity index (χ4v) is 5.58. The molecule has 1 aliphatic carbocycles. The predicted octanol–water partition coefficient (Wildman–Crippen LogP) is 5.30. The van der Waals surface area contributed by atoms with Crippen molar-refractivity contribution in [3.05, 3.63) is 59.0 Å². The van der Waals surface area contributed by atoms with Crippen molar-refractivity contribution in [2.75, 3.05) is 23.4 Å². The van der Waals surface area contributed by atoms with Gasteiger partial charge in [0.15, 0.2) is 5.82 Å². The van der Waals surface area contributed by atoms with Crippen LogP contribution in [0.3, 0.4) is 0 Å². The lowest BCUT2D eigenvalue weighted by atomic mass is 9.83. The zero-order valence-corrected chi connectivity index (χ0v) is 23.9. The van der Waals surface area contributed by atoms with E-state index in [9.17, 15) is 22.4 Å². The largest absolute Gasteiger partial charge is 0.416 e. The number of aryl methyl sites for hydroxylation is 2. The van der Waals surface area contributed by atoms with Crippen LogP contribution in [0, 0.1) is 0 Å². The number of carbonyl (C=O) groups excluding carboxylic acids is 1. The maximum atomic E-state index is 14.4. The van der Waals surface area contributed by atoms with E-state index in [1.54, 1.807) is 48.0 Å². The predicted molar refractivity (Wildman–Crippen MR) is 150 cm³/mol. The highest BCUT2D eigenvalue weighted by molar-refractivity contribution is 6.10. The number of rotatable bonds is 9. The molecule has 0 radical (unpaired) electrons. The second-order valence-corrected chi connectivity index (χ2v) is 11.0. The molecule has 0 spiro atoms. The summed E-state index contributed by atoms with van der Waals surface area (Å²) in [6.45, 7) is 1.65. The smallest absolute Gasteiger partial charge is 0.373 e. The van der Waals surface area contributed by atoms with Crippen LogP contribution in [0.15, 0.2) is 36.8 Å². The van der Waals surface area contributed by atoms with Crippen LogP contribution in [0.25, 0.3) is 22.6 Å². The lowest BCUT2D eigenvalue weighted by Crippen LogP contribution is -2.36. The van der Waals surface area contributed by atoms with Crippen LogP contribution < -0.4 is 10.2 Å². The van der Waals surface area contributed by atoms with Crippen LogP contribution >= 0.6 is 0 Å². The number of nitrogens with one attached hydrogen (secondary N) is 1. The van der Waals surface area contributed by atoms with Crippen LogP contribution in [0.5, 0.6) is 0 Å². The summed E-state index contributed by atoms with van der Waals surface area (Å²) in [5.41, 5.74) is -0.444. The minimum atomic E-state index is -4.71. The first-order valence-electron chi connectivity index (χ1n) is 13.9. The number of nitrogens with zero attached hydrogens (tertiary/aromatic N) is 7. The summed E-state index contributed by atoms with van der Waals surface area (Å²) < 4.78 is 66.0. The van der Waals surface area contributed by atoms with Gasteiger partial charge in [-0.05, 0) is 61.6 Å². The van der Waals surface area contributed by atoms with E-state index in [1.165, 1.54) is 11.0 Å². The monoisotopic (exact) mass is 598 g/mol. The Kier molecular flexibility index (Phi) is 7.19. The first-order valence-corrected chi connectivity index (χ1v) is 13.9. The van der Waals surface area contributed by atoms with Gasteiger partial charge in [-0.3, -0.25) is 14.4 Å². The van der Waals surface area contributed by atoms with Gasteiger partial charge in [0.25, 0.3) is 5.91 Å². The van der Waals surface area contributed by atoms with E-state index >= 15 is 0 Å². The van der Waals surface area contributed by atoms with Crippen LogP contribution in [0.2, 0.25) is 0 Å². The van der Waals surface area contributed by atoms with Gasteiger partial charge in [-0.15, -0.1) is 10.2 Å². The van der Waals surface area contributed by atoms with Crippen LogP contribution in [-0.4, -0.2) is 54.3 Å². The molecule has 0 atom stereocenters. The minimum absolute atomic E-state index is 0.0791. The van der Waals surface area contributed by atoms with Crippen molar-refractivity contribution in [3.63, 3.8) is 0 Å². The van der Waals surface area contributed by atoms with E-state index in [0.717, 1.165) is 12.5 Å². The lowest BCUT2D eigenvalue weighted by Gasteiger charge is -2.33. The fraction of sp³-hybridized carbons (Fsp3) is 0.414. The molecule has 1 N–H and O–H groups in total. The summed E-state index contributed by atoms with van der Waals surface area (Å²) in [7, 11) is 3.56. The number of anilines is 2. The highest BCUT2D eigenvalue weighted by atomic mass is 19.4. The van der Waals surface area contributed by atoms with Gasteiger partial charge in [-0.25, -0.2) is 9.37 Å². The maximum absolute atomic E-state index is 14.4. The van der Waals surface area contributed by atoms with Gasteiger partial charge in [-0.2, -0.15) is 18.3 Å². The average Bonchev–Trinajstić information content (AvgIpc) is 3.63. The zero-order valence-electron chi connectivity index (χ0n) is 23.9. The second-order valence-electron chi connectivity index (χ2n) is 11.0. The Morgan fingerprint density at radius 1 is 1.12 bits per heavy atom. The van der Waals surface area contributed by atoms with Gasteiger partial charge < -0.3 is 14.6 Å². The molecule has 1 fully saturated rings. The van der Waals surface area contributed by atoms with Crippen molar-refractivity contribution in [1.82, 2.24) is 29.5 Å². The Morgan fingerprint density at radius 2 is 1.91 bits per heavy atom. The normalized spacial score (nSPS) is 16.0. The molecule has 43 heavy (non-hydrogen) atoms. The Morgan fingerprint density at radius 3 is 2.56 bits per heavy atom. The summed E-state index contributed by atoms with van der Waals surface area (Å²) in [6.07, 6.45) is 0.00714. The van der Waals surface area contributed by atoms with Gasteiger partial charge >= 0.3 is 6.18 Å². The Balaban J connectivity index is 1.38. The third-order valence-corrected chi connectivity index (χ3v) is 7.90. The number of carbonyl (C=O) groups is 1. The van der Waals surface area contributed by atoms with E-state index in [0.29, 0.717) is 47.8 Å². The number of ether oxygens (including phenoxy) is 1. The highest BCUT2D eigenvalue weighted by Crippen LogP contribution is 2.41. The van der Waals surface area contributed by atoms with E-state index in [2.05, 4.69) is 25.6 Å². The van der Waals surface area contributed by atoms with Crippen molar-refractivity contribution in [1.29, 1.82) is 0 Å². The summed E-state index contributed by atoms with van der Waals surface area (Å²) in [4.78, 5) is 19.5. The molecule has 4 heterocycles. The Hall–Kier alpha value is -4.33. The molecule has 1 aliphatic heterocycles. The van der Waals surface area contributed by atoms with E-state index in [1.807, 2.05) is 6.92 Å². The second kappa shape index (κ2) is 10.7. The summed E-state index contributed by atoms with van der Waals surface area (Å²) in [6, 6.07) is 5.82. The lowest BCUT2D eigenvalue weighted by molar-refractivity contribution is -0.138. The molecule has 2 aliphatic rings. The number of hydrogen-bond acceptors (Lipinski definition) is 7. The van der Waals surface area contributed by atoms with Gasteiger partial charge in [0.1, 0.15) is 23.6 Å². The van der Waals surface area contributed by atoms with Crippen molar-refractivity contribution >= 4 is 17.5 Å². The highest BCUT2D eigenvalue weighted by Gasteiger charge is 2.41. The molecule has 0 bridgehead atoms. The molecule has 1 aromatic carbocycles. The topological polar surface area (TPSA) is 103 Å². The quantitative estimate of drug-likeness (QED) is 0.261. The SMILES string of the molecule is CCNc1cc(-c2c(-c3nncn3C)cnn2C)cc(N2Cc3c(cc(COCC4(F)CCC4)cc3C(F)(F)F)C2=O)n1. The van der Waals surface area contributed by atoms with E-state index < -0.39 is 23.3 Å². The van der Waals surface area contributed by atoms with Gasteiger partial charge in [0.05, 0.1) is 42.8 Å². The molecule has 1 amide bonds. The molecular formula is C29H30F4N8O2. The van der Waals surface area contributed by atoms with Gasteiger partial charge in [0.2, 0.25) is 0 Å².